The highest BCUT2D eigenvalue weighted by Crippen LogP contribution is 2.36. The molecule has 28 heavy (non-hydrogen) atoms. The lowest BCUT2D eigenvalue weighted by Gasteiger charge is -2.21. The Hall–Kier alpha value is -3.65. The lowest BCUT2D eigenvalue weighted by molar-refractivity contribution is 0.312. The number of nitrogens with two attached hydrogens (primary N) is 1. The number of nitrogens with zero attached hydrogens (tertiary/aromatic N) is 3. The van der Waals surface area contributed by atoms with Gasteiger partial charge < -0.3 is 15.8 Å². The molecule has 3 aromatic heterocycles. The number of para-hydroxylation sites is 1. The van der Waals surface area contributed by atoms with Crippen LogP contribution in [0.15, 0.2) is 59.5 Å². The van der Waals surface area contributed by atoms with Crippen molar-refractivity contribution in [3.8, 4) is 11.6 Å². The molecule has 0 spiro atoms. The van der Waals surface area contributed by atoms with Gasteiger partial charge in [-0.1, -0.05) is 18.2 Å². The first-order chi connectivity index (χ1) is 13.7. The van der Waals surface area contributed by atoms with Crippen molar-refractivity contribution < 1.29 is 4.74 Å². The van der Waals surface area contributed by atoms with Crippen molar-refractivity contribution in [3.63, 3.8) is 0 Å². The summed E-state index contributed by atoms with van der Waals surface area (Å²) >= 11 is 0. The molecule has 0 bridgehead atoms. The fourth-order valence-corrected chi connectivity index (χ4v) is 3.69. The van der Waals surface area contributed by atoms with Gasteiger partial charge >= 0.3 is 5.69 Å². The zero-order valence-corrected chi connectivity index (χ0v) is 14.9. The molecule has 1 unspecified atom stereocenters. The number of nitrogen functional groups attached to an aromatic ring is 1. The summed E-state index contributed by atoms with van der Waals surface area (Å²) in [6.45, 7) is 0.974. The van der Waals surface area contributed by atoms with Gasteiger partial charge in [-0.2, -0.15) is 4.98 Å². The van der Waals surface area contributed by atoms with Crippen LogP contribution in [0, 0.1) is 0 Å². The van der Waals surface area contributed by atoms with Gasteiger partial charge in [0.15, 0.2) is 0 Å². The molecule has 1 aromatic carbocycles. The first-order valence-electron chi connectivity index (χ1n) is 9.00. The van der Waals surface area contributed by atoms with Crippen LogP contribution in [0.4, 0.5) is 5.82 Å². The molecule has 0 fully saturated rings. The Morgan fingerprint density at radius 1 is 1.18 bits per heavy atom. The molecule has 1 aliphatic heterocycles. The Bertz CT molecular complexity index is 1210. The number of fused-ring (bicyclic) bond motifs is 2. The van der Waals surface area contributed by atoms with Gasteiger partial charge in [-0.25, -0.2) is 9.78 Å². The third-order valence-electron chi connectivity index (χ3n) is 4.84. The summed E-state index contributed by atoms with van der Waals surface area (Å²) in [5.74, 6) is 0.501. The average molecular weight is 374 g/mol. The summed E-state index contributed by atoms with van der Waals surface area (Å²) < 4.78 is 7.77. The maximum atomic E-state index is 11.8. The van der Waals surface area contributed by atoms with E-state index in [1.807, 2.05) is 42.5 Å². The van der Waals surface area contributed by atoms with E-state index < -0.39 is 5.69 Å². The fraction of sp³-hybridized carbons (Fsp3) is 0.150. The summed E-state index contributed by atoms with van der Waals surface area (Å²) in [6, 6.07) is 15.7. The zero-order valence-electron chi connectivity index (χ0n) is 14.9. The lowest BCUT2D eigenvalue weighted by atomic mass is 10.0. The van der Waals surface area contributed by atoms with E-state index in [0.717, 1.165) is 22.4 Å². The van der Waals surface area contributed by atoms with E-state index in [-0.39, 0.29) is 17.7 Å². The number of hydrogen-bond donors (Lipinski definition) is 3. The maximum absolute atomic E-state index is 11.8. The van der Waals surface area contributed by atoms with E-state index >= 15 is 0 Å². The second kappa shape index (κ2) is 6.50. The van der Waals surface area contributed by atoms with Crippen molar-refractivity contribution in [1.29, 1.82) is 0 Å². The topological polar surface area (TPSA) is 111 Å². The second-order valence-corrected chi connectivity index (χ2v) is 6.57. The smallest absolute Gasteiger partial charge is 0.349 e. The monoisotopic (exact) mass is 374 g/mol. The van der Waals surface area contributed by atoms with Gasteiger partial charge in [0.1, 0.15) is 18.1 Å². The molecule has 5 rings (SSSR count). The van der Waals surface area contributed by atoms with Crippen LogP contribution in [0.1, 0.15) is 17.3 Å². The average Bonchev–Trinajstić information content (AvgIpc) is 2.95. The van der Waals surface area contributed by atoms with Gasteiger partial charge in [0.2, 0.25) is 5.88 Å². The normalized spacial score (nSPS) is 16.4. The lowest BCUT2D eigenvalue weighted by Crippen LogP contribution is -2.27. The second-order valence-electron chi connectivity index (χ2n) is 6.57. The van der Waals surface area contributed by atoms with Crippen LogP contribution < -0.4 is 21.5 Å². The number of ether oxygens (including phenoxy) is 1. The summed E-state index contributed by atoms with van der Waals surface area (Å²) in [5.41, 5.74) is 9.04. The summed E-state index contributed by atoms with van der Waals surface area (Å²) in [4.78, 5) is 22.9. The highest BCUT2D eigenvalue weighted by Gasteiger charge is 2.29. The Kier molecular flexibility index (Phi) is 3.84. The van der Waals surface area contributed by atoms with Crippen LogP contribution in [-0.4, -0.2) is 32.7 Å². The molecule has 4 heterocycles. The summed E-state index contributed by atoms with van der Waals surface area (Å²) in [5, 5.41) is 4.48. The van der Waals surface area contributed by atoms with Gasteiger partial charge in [-0.3, -0.25) is 9.55 Å². The number of aromatic nitrogens is 4. The SMILES string of the molecule is Nc1[nH]c(=O)nc2c1C(c1cc3cccnc3n1-c1ccccc1)NCCO2. The van der Waals surface area contributed by atoms with Crippen LogP contribution in [0.5, 0.6) is 5.88 Å². The molecule has 140 valence electrons. The third-order valence-corrected chi connectivity index (χ3v) is 4.84. The highest BCUT2D eigenvalue weighted by atomic mass is 16.5. The molecule has 4 aromatic rings. The van der Waals surface area contributed by atoms with Gasteiger partial charge in [-0.15, -0.1) is 0 Å². The zero-order chi connectivity index (χ0) is 19.1. The minimum atomic E-state index is -0.526. The van der Waals surface area contributed by atoms with Crippen LogP contribution in [-0.2, 0) is 0 Å². The minimum Gasteiger partial charge on any atom is -0.476 e. The highest BCUT2D eigenvalue weighted by molar-refractivity contribution is 5.80. The van der Waals surface area contributed by atoms with Crippen LogP contribution >= 0.6 is 0 Å². The van der Waals surface area contributed by atoms with Crippen LogP contribution in [0.3, 0.4) is 0 Å². The standard InChI is InChI=1S/C20H18N6O2/c21-17-15-16(22-9-10-28-19(15)25-20(27)24-17)14-11-12-5-4-8-23-18(12)26(14)13-6-2-1-3-7-13/h1-8,11,16,22H,9-10H2,(H3,21,24,25,27). The van der Waals surface area contributed by atoms with Gasteiger partial charge in [0.25, 0.3) is 0 Å². The van der Waals surface area contributed by atoms with Crippen molar-refractivity contribution in [2.24, 2.45) is 0 Å². The fourth-order valence-electron chi connectivity index (χ4n) is 3.69. The number of nitrogens with one attached hydrogen (secondary N) is 2. The van der Waals surface area contributed by atoms with Crippen molar-refractivity contribution in [2.75, 3.05) is 18.9 Å². The molecular weight excluding hydrogens is 356 g/mol. The molecule has 8 heteroatoms. The Labute approximate surface area is 160 Å². The third kappa shape index (κ3) is 2.62. The first-order valence-corrected chi connectivity index (χ1v) is 9.00. The number of anilines is 1. The molecule has 4 N–H and O–H groups in total. The van der Waals surface area contributed by atoms with Gasteiger partial charge in [0.05, 0.1) is 11.6 Å². The van der Waals surface area contributed by atoms with E-state index in [9.17, 15) is 4.79 Å². The molecular formula is C20H18N6O2. The number of benzene rings is 1. The summed E-state index contributed by atoms with van der Waals surface area (Å²) in [7, 11) is 0. The number of hydrogen-bond acceptors (Lipinski definition) is 6. The number of aromatic amines is 1. The first kappa shape index (κ1) is 16.5. The molecule has 0 saturated carbocycles. The van der Waals surface area contributed by atoms with Crippen molar-refractivity contribution in [2.45, 2.75) is 6.04 Å². The number of rotatable bonds is 2. The van der Waals surface area contributed by atoms with E-state index in [1.165, 1.54) is 0 Å². The predicted octanol–water partition coefficient (Wildman–Crippen LogP) is 1.76. The largest absolute Gasteiger partial charge is 0.476 e. The Balaban J connectivity index is 1.80. The van der Waals surface area contributed by atoms with E-state index in [2.05, 4.69) is 30.9 Å². The predicted molar refractivity (Wildman–Crippen MR) is 106 cm³/mol. The molecule has 0 aliphatic carbocycles. The molecule has 0 amide bonds. The Morgan fingerprint density at radius 3 is 2.89 bits per heavy atom. The molecule has 0 saturated heterocycles. The van der Waals surface area contributed by atoms with E-state index in [1.54, 1.807) is 6.20 Å². The summed E-state index contributed by atoms with van der Waals surface area (Å²) in [6.07, 6.45) is 1.77. The van der Waals surface area contributed by atoms with Gasteiger partial charge in [-0.05, 0) is 30.3 Å². The van der Waals surface area contributed by atoms with E-state index in [0.29, 0.717) is 18.7 Å². The molecule has 1 aliphatic rings. The van der Waals surface area contributed by atoms with Crippen molar-refractivity contribution in [3.05, 3.63) is 76.5 Å². The minimum absolute atomic E-state index is 0.243. The molecule has 8 nitrogen and oxygen atoms in total. The maximum Gasteiger partial charge on any atom is 0.349 e. The van der Waals surface area contributed by atoms with Crippen LogP contribution in [0.2, 0.25) is 0 Å². The van der Waals surface area contributed by atoms with Gasteiger partial charge in [0, 0.05) is 29.5 Å². The van der Waals surface area contributed by atoms with Crippen LogP contribution in [0.25, 0.3) is 16.7 Å². The molecule has 1 atom stereocenters. The quantitative estimate of drug-likeness (QED) is 0.493. The molecule has 0 radical (unpaired) electrons. The van der Waals surface area contributed by atoms with Crippen molar-refractivity contribution >= 4 is 16.9 Å². The Morgan fingerprint density at radius 2 is 2.04 bits per heavy atom. The van der Waals surface area contributed by atoms with E-state index in [4.69, 9.17) is 10.5 Å². The van der Waals surface area contributed by atoms with Crippen molar-refractivity contribution in [1.82, 2.24) is 24.8 Å². The number of H-pyrrole nitrogens is 1. The number of pyridine rings is 1.